The van der Waals surface area contributed by atoms with E-state index in [0.717, 1.165) is 44.1 Å². The summed E-state index contributed by atoms with van der Waals surface area (Å²) < 4.78 is 5.04. The Hall–Kier alpha value is -2.34. The Kier molecular flexibility index (Phi) is 6.73. The molecule has 0 aromatic heterocycles. The SMILES string of the molecule is CCOC(=O)C1C(=O)C=C(Nc2ccc(N3CCN(CC)CC3)cc2)CC1C. The van der Waals surface area contributed by atoms with Gasteiger partial charge in [0.25, 0.3) is 0 Å². The van der Waals surface area contributed by atoms with Crippen molar-refractivity contribution in [2.75, 3.05) is 49.5 Å². The van der Waals surface area contributed by atoms with E-state index in [1.165, 1.54) is 5.69 Å². The van der Waals surface area contributed by atoms with E-state index in [2.05, 4.69) is 46.3 Å². The Bertz CT molecular complexity index is 721. The highest BCUT2D eigenvalue weighted by molar-refractivity contribution is 6.06. The standard InChI is InChI=1S/C22H31N3O3/c1-4-24-10-12-25(13-11-24)19-8-6-17(7-9-19)23-18-14-16(3)21(20(26)15-18)22(27)28-5-2/h6-9,15-16,21,23H,4-5,10-14H2,1-3H3. The summed E-state index contributed by atoms with van der Waals surface area (Å²) in [5.41, 5.74) is 3.03. The number of ketones is 1. The highest BCUT2D eigenvalue weighted by Gasteiger charge is 2.36. The lowest BCUT2D eigenvalue weighted by atomic mass is 9.82. The Balaban J connectivity index is 1.61. The molecule has 0 bridgehead atoms. The van der Waals surface area contributed by atoms with Crippen LogP contribution in [0.25, 0.3) is 0 Å². The van der Waals surface area contributed by atoms with E-state index in [1.54, 1.807) is 13.0 Å². The maximum Gasteiger partial charge on any atom is 0.317 e. The van der Waals surface area contributed by atoms with Crippen molar-refractivity contribution >= 4 is 23.1 Å². The van der Waals surface area contributed by atoms with Gasteiger partial charge < -0.3 is 19.9 Å². The summed E-state index contributed by atoms with van der Waals surface area (Å²) in [4.78, 5) is 29.3. The van der Waals surface area contributed by atoms with Crippen LogP contribution >= 0.6 is 0 Å². The van der Waals surface area contributed by atoms with Crippen molar-refractivity contribution in [1.29, 1.82) is 0 Å². The number of hydrogen-bond donors (Lipinski definition) is 1. The van der Waals surface area contributed by atoms with Gasteiger partial charge in [0.05, 0.1) is 6.61 Å². The second kappa shape index (κ2) is 9.24. The van der Waals surface area contributed by atoms with Crippen LogP contribution in [0.1, 0.15) is 27.2 Å². The van der Waals surface area contributed by atoms with E-state index in [0.29, 0.717) is 13.0 Å². The molecule has 0 radical (unpaired) electrons. The van der Waals surface area contributed by atoms with Gasteiger partial charge >= 0.3 is 5.97 Å². The summed E-state index contributed by atoms with van der Waals surface area (Å²) in [7, 11) is 0. The second-order valence-corrected chi connectivity index (χ2v) is 7.58. The number of hydrogen-bond acceptors (Lipinski definition) is 6. The Labute approximate surface area is 167 Å². The number of allylic oxidation sites excluding steroid dienone is 2. The van der Waals surface area contributed by atoms with Crippen molar-refractivity contribution in [3.05, 3.63) is 36.0 Å². The number of carbonyl (C=O) groups excluding carboxylic acids is 2. The molecule has 0 amide bonds. The molecule has 1 saturated heterocycles. The van der Waals surface area contributed by atoms with Crippen molar-refractivity contribution in [1.82, 2.24) is 4.90 Å². The van der Waals surface area contributed by atoms with Crippen molar-refractivity contribution in [2.24, 2.45) is 11.8 Å². The summed E-state index contributed by atoms with van der Waals surface area (Å²) in [6, 6.07) is 8.35. The van der Waals surface area contributed by atoms with Gasteiger partial charge in [-0.05, 0) is 50.1 Å². The van der Waals surface area contributed by atoms with E-state index in [4.69, 9.17) is 4.74 Å². The van der Waals surface area contributed by atoms with Crippen LogP contribution in [-0.2, 0) is 14.3 Å². The van der Waals surface area contributed by atoms with Gasteiger partial charge in [0, 0.05) is 49.3 Å². The highest BCUT2D eigenvalue weighted by Crippen LogP contribution is 2.29. The molecule has 1 fully saturated rings. The van der Waals surface area contributed by atoms with Crippen LogP contribution < -0.4 is 10.2 Å². The van der Waals surface area contributed by atoms with Gasteiger partial charge in [0.15, 0.2) is 5.78 Å². The first kappa shape index (κ1) is 20.4. The quantitative estimate of drug-likeness (QED) is 0.600. The fourth-order valence-corrected chi connectivity index (χ4v) is 4.00. The molecule has 2 atom stereocenters. The predicted octanol–water partition coefficient (Wildman–Crippen LogP) is 2.91. The average molecular weight is 386 g/mol. The fourth-order valence-electron chi connectivity index (χ4n) is 4.00. The molecule has 6 nitrogen and oxygen atoms in total. The zero-order valence-electron chi connectivity index (χ0n) is 17.1. The highest BCUT2D eigenvalue weighted by atomic mass is 16.5. The van der Waals surface area contributed by atoms with E-state index >= 15 is 0 Å². The molecule has 0 spiro atoms. The van der Waals surface area contributed by atoms with Gasteiger partial charge in [-0.25, -0.2) is 0 Å². The fraction of sp³-hybridized carbons (Fsp3) is 0.545. The van der Waals surface area contributed by atoms with Crippen LogP contribution in [0, 0.1) is 11.8 Å². The number of esters is 1. The van der Waals surface area contributed by atoms with E-state index in [-0.39, 0.29) is 11.7 Å². The van der Waals surface area contributed by atoms with Crippen LogP contribution in [0.5, 0.6) is 0 Å². The first-order valence-corrected chi connectivity index (χ1v) is 10.3. The summed E-state index contributed by atoms with van der Waals surface area (Å²) in [5, 5.41) is 3.34. The zero-order valence-corrected chi connectivity index (χ0v) is 17.1. The third kappa shape index (κ3) is 4.73. The van der Waals surface area contributed by atoms with E-state index in [1.807, 2.05) is 6.92 Å². The van der Waals surface area contributed by atoms with Gasteiger partial charge in [-0.2, -0.15) is 0 Å². The molecule has 0 saturated carbocycles. The molecule has 28 heavy (non-hydrogen) atoms. The largest absolute Gasteiger partial charge is 0.465 e. The molecule has 1 aliphatic heterocycles. The van der Waals surface area contributed by atoms with Crippen LogP contribution in [-0.4, -0.2) is 56.0 Å². The van der Waals surface area contributed by atoms with Gasteiger partial charge in [0.1, 0.15) is 5.92 Å². The third-order valence-electron chi connectivity index (χ3n) is 5.63. The molecule has 3 rings (SSSR count). The molecule has 1 heterocycles. The van der Waals surface area contributed by atoms with Gasteiger partial charge in [-0.3, -0.25) is 9.59 Å². The number of nitrogens with one attached hydrogen (secondary N) is 1. The Morgan fingerprint density at radius 3 is 2.39 bits per heavy atom. The molecule has 2 unspecified atom stereocenters. The number of benzene rings is 1. The minimum absolute atomic E-state index is 0.0758. The molecule has 1 aromatic rings. The Morgan fingerprint density at radius 2 is 1.82 bits per heavy atom. The van der Waals surface area contributed by atoms with Crippen molar-refractivity contribution in [3.63, 3.8) is 0 Å². The molecule has 152 valence electrons. The first-order valence-electron chi connectivity index (χ1n) is 10.3. The summed E-state index contributed by atoms with van der Waals surface area (Å²) in [6.07, 6.45) is 2.20. The number of rotatable bonds is 6. The maximum absolute atomic E-state index is 12.4. The molecule has 1 aliphatic carbocycles. The molecule has 2 aliphatic rings. The number of nitrogens with zero attached hydrogens (tertiary/aromatic N) is 2. The van der Waals surface area contributed by atoms with E-state index < -0.39 is 11.9 Å². The monoisotopic (exact) mass is 385 g/mol. The lowest BCUT2D eigenvalue weighted by molar-refractivity contribution is -0.152. The number of likely N-dealkylation sites (N-methyl/N-ethyl adjacent to an activating group) is 1. The lowest BCUT2D eigenvalue weighted by Gasteiger charge is -2.35. The predicted molar refractivity (Wildman–Crippen MR) is 111 cm³/mol. The van der Waals surface area contributed by atoms with Crippen molar-refractivity contribution in [3.8, 4) is 0 Å². The Morgan fingerprint density at radius 1 is 1.14 bits per heavy atom. The number of ether oxygens (including phenoxy) is 1. The summed E-state index contributed by atoms with van der Waals surface area (Å²) in [6.45, 7) is 11.6. The van der Waals surface area contributed by atoms with Crippen LogP contribution in [0.15, 0.2) is 36.0 Å². The van der Waals surface area contributed by atoms with E-state index in [9.17, 15) is 9.59 Å². The molecule has 6 heteroatoms. The summed E-state index contributed by atoms with van der Waals surface area (Å²) in [5.74, 6) is -1.35. The molecular weight excluding hydrogens is 354 g/mol. The lowest BCUT2D eigenvalue weighted by Crippen LogP contribution is -2.46. The normalized spacial score (nSPS) is 23.3. The van der Waals surface area contributed by atoms with Crippen molar-refractivity contribution in [2.45, 2.75) is 27.2 Å². The number of piperazine rings is 1. The smallest absolute Gasteiger partial charge is 0.317 e. The summed E-state index contributed by atoms with van der Waals surface area (Å²) >= 11 is 0. The molecule has 1 N–H and O–H groups in total. The molecule has 1 aromatic carbocycles. The zero-order chi connectivity index (χ0) is 20.1. The topological polar surface area (TPSA) is 61.9 Å². The average Bonchev–Trinajstić information content (AvgIpc) is 2.68. The maximum atomic E-state index is 12.4. The van der Waals surface area contributed by atoms with Crippen LogP contribution in [0.4, 0.5) is 11.4 Å². The number of anilines is 2. The van der Waals surface area contributed by atoms with Gasteiger partial charge in [0.2, 0.25) is 0 Å². The van der Waals surface area contributed by atoms with Gasteiger partial charge in [-0.15, -0.1) is 0 Å². The first-order chi connectivity index (χ1) is 13.5. The van der Waals surface area contributed by atoms with Crippen molar-refractivity contribution < 1.29 is 14.3 Å². The van der Waals surface area contributed by atoms with Crippen LogP contribution in [0.2, 0.25) is 0 Å². The molecular formula is C22H31N3O3. The van der Waals surface area contributed by atoms with Crippen LogP contribution in [0.3, 0.4) is 0 Å². The number of carbonyl (C=O) groups is 2. The minimum Gasteiger partial charge on any atom is -0.465 e. The minimum atomic E-state index is -0.685. The second-order valence-electron chi connectivity index (χ2n) is 7.58. The third-order valence-corrected chi connectivity index (χ3v) is 5.63. The van der Waals surface area contributed by atoms with Gasteiger partial charge in [-0.1, -0.05) is 13.8 Å².